The molecule has 118 valence electrons. The lowest BCUT2D eigenvalue weighted by atomic mass is 10.3. The van der Waals surface area contributed by atoms with Gasteiger partial charge < -0.3 is 9.67 Å². The first-order valence-corrected chi connectivity index (χ1v) is 7.12. The Labute approximate surface area is 126 Å². The van der Waals surface area contributed by atoms with Crippen LogP contribution in [0.5, 0.6) is 0 Å². The predicted molar refractivity (Wildman–Crippen MR) is 68.2 cm³/mol. The third kappa shape index (κ3) is 2.81. The second-order valence-electron chi connectivity index (χ2n) is 4.73. The highest BCUT2D eigenvalue weighted by Crippen LogP contribution is 2.29. The zero-order valence-electron chi connectivity index (χ0n) is 11.0. The molecule has 0 saturated heterocycles. The topological polar surface area (TPSA) is 84.1 Å². The Morgan fingerprint density at radius 2 is 2.14 bits per heavy atom. The third-order valence-electron chi connectivity index (χ3n) is 3.22. The number of halogens is 3. The van der Waals surface area contributed by atoms with Crippen molar-refractivity contribution in [1.29, 1.82) is 0 Å². The molecule has 1 aliphatic heterocycles. The van der Waals surface area contributed by atoms with Crippen molar-refractivity contribution in [2.24, 2.45) is 0 Å². The summed E-state index contributed by atoms with van der Waals surface area (Å²) in [5, 5.41) is 17.6. The van der Waals surface area contributed by atoms with Crippen LogP contribution in [0.15, 0.2) is 5.38 Å². The quantitative estimate of drug-likeness (QED) is 0.916. The van der Waals surface area contributed by atoms with Gasteiger partial charge in [-0.2, -0.15) is 13.2 Å². The van der Waals surface area contributed by atoms with Crippen LogP contribution < -0.4 is 0 Å². The van der Waals surface area contributed by atoms with E-state index in [1.165, 1.54) is 16.7 Å². The fraction of sp³-hybridized carbons (Fsp3) is 0.455. The molecule has 22 heavy (non-hydrogen) atoms. The largest absolute Gasteiger partial charge is 0.476 e. The van der Waals surface area contributed by atoms with Crippen molar-refractivity contribution in [3.05, 3.63) is 27.7 Å². The fourth-order valence-electron chi connectivity index (χ4n) is 2.23. The number of fused-ring (bicyclic) bond motifs is 1. The molecule has 0 unspecified atom stereocenters. The van der Waals surface area contributed by atoms with Crippen LogP contribution in [0, 0.1) is 0 Å². The Kier molecular flexibility index (Phi) is 3.60. The minimum absolute atomic E-state index is 0.0282. The van der Waals surface area contributed by atoms with Crippen LogP contribution in [-0.4, -0.2) is 42.3 Å². The minimum Gasteiger partial charge on any atom is -0.476 e. The van der Waals surface area contributed by atoms with Crippen molar-refractivity contribution in [2.45, 2.75) is 25.8 Å². The third-order valence-corrected chi connectivity index (χ3v) is 4.05. The van der Waals surface area contributed by atoms with Crippen molar-refractivity contribution in [3.8, 4) is 0 Å². The van der Waals surface area contributed by atoms with Gasteiger partial charge in [-0.05, 0) is 0 Å². The highest BCUT2D eigenvalue weighted by Gasteiger charge is 2.39. The zero-order chi connectivity index (χ0) is 15.9. The van der Waals surface area contributed by atoms with E-state index in [0.717, 1.165) is 4.57 Å². The first-order valence-electron chi connectivity index (χ1n) is 6.24. The van der Waals surface area contributed by atoms with Crippen molar-refractivity contribution < 1.29 is 23.1 Å². The molecule has 0 aliphatic carbocycles. The average molecular weight is 333 g/mol. The Hall–Kier alpha value is -2.01. The Morgan fingerprint density at radius 1 is 1.36 bits per heavy atom. The number of carboxylic acids is 1. The number of thiazole rings is 1. The second kappa shape index (κ2) is 5.32. The normalized spacial score (nSPS) is 15.8. The molecule has 0 radical (unpaired) electrons. The van der Waals surface area contributed by atoms with Gasteiger partial charge in [0.2, 0.25) is 5.82 Å². The summed E-state index contributed by atoms with van der Waals surface area (Å²) < 4.78 is 39.3. The van der Waals surface area contributed by atoms with Crippen LogP contribution >= 0.6 is 11.3 Å². The minimum atomic E-state index is -4.51. The van der Waals surface area contributed by atoms with Gasteiger partial charge in [0.05, 0.1) is 13.1 Å². The van der Waals surface area contributed by atoms with E-state index in [1.807, 2.05) is 4.90 Å². The molecule has 0 amide bonds. The standard InChI is InChI=1S/C11H10F3N5O2S/c12-11(13,14)10-17-16-7-3-18(1-2-19(7)10)4-8-15-6(5-22-8)9(20)21/h5H,1-4H2,(H,20,21). The van der Waals surface area contributed by atoms with Gasteiger partial charge in [0.1, 0.15) is 10.8 Å². The number of nitrogens with zero attached hydrogens (tertiary/aromatic N) is 5. The van der Waals surface area contributed by atoms with Gasteiger partial charge in [-0.3, -0.25) is 4.90 Å². The lowest BCUT2D eigenvalue weighted by Crippen LogP contribution is -2.34. The number of hydrogen-bond acceptors (Lipinski definition) is 6. The van der Waals surface area contributed by atoms with Crippen LogP contribution in [0.3, 0.4) is 0 Å². The summed E-state index contributed by atoms with van der Waals surface area (Å²) in [6.07, 6.45) is -4.51. The van der Waals surface area contributed by atoms with E-state index >= 15 is 0 Å². The van der Waals surface area contributed by atoms with Gasteiger partial charge >= 0.3 is 12.1 Å². The summed E-state index contributed by atoms with van der Waals surface area (Å²) in [6.45, 7) is 1.10. The van der Waals surface area contributed by atoms with E-state index in [0.29, 0.717) is 18.1 Å². The number of hydrogen-bond donors (Lipinski definition) is 1. The van der Waals surface area contributed by atoms with E-state index in [2.05, 4.69) is 15.2 Å². The van der Waals surface area contributed by atoms with E-state index in [-0.39, 0.29) is 24.6 Å². The molecule has 11 heteroatoms. The van der Waals surface area contributed by atoms with E-state index in [4.69, 9.17) is 5.11 Å². The number of carboxylic acid groups (broad SMARTS) is 1. The van der Waals surface area contributed by atoms with Crippen molar-refractivity contribution >= 4 is 17.3 Å². The number of alkyl halides is 3. The smallest absolute Gasteiger partial charge is 0.451 e. The fourth-order valence-corrected chi connectivity index (χ4v) is 3.03. The van der Waals surface area contributed by atoms with Gasteiger partial charge in [0.25, 0.3) is 0 Å². The number of aromatic nitrogens is 4. The predicted octanol–water partition coefficient (Wildman–Crippen LogP) is 1.47. The van der Waals surface area contributed by atoms with Gasteiger partial charge in [0, 0.05) is 18.5 Å². The SMILES string of the molecule is O=C(O)c1csc(CN2CCn3c(nnc3C(F)(F)F)C2)n1. The second-order valence-corrected chi connectivity index (χ2v) is 5.67. The lowest BCUT2D eigenvalue weighted by Gasteiger charge is -2.26. The van der Waals surface area contributed by atoms with Crippen LogP contribution in [0.4, 0.5) is 13.2 Å². The summed E-state index contributed by atoms with van der Waals surface area (Å²) in [5.74, 6) is -1.84. The molecule has 0 aromatic carbocycles. The van der Waals surface area contributed by atoms with Crippen molar-refractivity contribution in [1.82, 2.24) is 24.6 Å². The first-order chi connectivity index (χ1) is 10.3. The summed E-state index contributed by atoms with van der Waals surface area (Å²) in [4.78, 5) is 16.6. The molecule has 3 heterocycles. The van der Waals surface area contributed by atoms with E-state index < -0.39 is 18.0 Å². The molecule has 7 nitrogen and oxygen atoms in total. The highest BCUT2D eigenvalue weighted by molar-refractivity contribution is 7.09. The molecular formula is C11H10F3N5O2S. The first kappa shape index (κ1) is 14.9. The molecular weight excluding hydrogens is 323 g/mol. The van der Waals surface area contributed by atoms with Crippen LogP contribution in [0.2, 0.25) is 0 Å². The number of aromatic carboxylic acids is 1. The van der Waals surface area contributed by atoms with Gasteiger partial charge in [-0.1, -0.05) is 0 Å². The van der Waals surface area contributed by atoms with Crippen LogP contribution in [0.1, 0.15) is 27.1 Å². The van der Waals surface area contributed by atoms with E-state index in [1.54, 1.807) is 0 Å². The highest BCUT2D eigenvalue weighted by atomic mass is 32.1. The van der Waals surface area contributed by atoms with Gasteiger partial charge in [-0.25, -0.2) is 9.78 Å². The molecule has 3 rings (SSSR count). The average Bonchev–Trinajstić information content (AvgIpc) is 3.03. The summed E-state index contributed by atoms with van der Waals surface area (Å²) in [7, 11) is 0. The zero-order valence-corrected chi connectivity index (χ0v) is 11.9. The summed E-state index contributed by atoms with van der Waals surface area (Å²) in [5.41, 5.74) is -0.0282. The monoisotopic (exact) mass is 333 g/mol. The Morgan fingerprint density at radius 3 is 2.77 bits per heavy atom. The van der Waals surface area contributed by atoms with Crippen molar-refractivity contribution in [2.75, 3.05) is 6.54 Å². The maximum Gasteiger partial charge on any atom is 0.451 e. The molecule has 2 aromatic rings. The van der Waals surface area contributed by atoms with Crippen LogP contribution in [0.25, 0.3) is 0 Å². The summed E-state index contributed by atoms with van der Waals surface area (Å²) in [6, 6.07) is 0. The number of rotatable bonds is 3. The summed E-state index contributed by atoms with van der Waals surface area (Å²) >= 11 is 1.21. The maximum absolute atomic E-state index is 12.7. The Bertz CT molecular complexity index is 711. The van der Waals surface area contributed by atoms with E-state index in [9.17, 15) is 18.0 Å². The molecule has 0 fully saturated rings. The molecule has 2 aromatic heterocycles. The molecule has 0 spiro atoms. The van der Waals surface area contributed by atoms with Gasteiger partial charge in [-0.15, -0.1) is 21.5 Å². The molecule has 0 atom stereocenters. The molecule has 1 N–H and O–H groups in total. The van der Waals surface area contributed by atoms with Gasteiger partial charge in [0.15, 0.2) is 5.69 Å². The lowest BCUT2D eigenvalue weighted by molar-refractivity contribution is -0.148. The molecule has 0 bridgehead atoms. The molecule has 0 saturated carbocycles. The Balaban J connectivity index is 1.72. The maximum atomic E-state index is 12.7. The van der Waals surface area contributed by atoms with Crippen LogP contribution in [-0.2, 0) is 25.8 Å². The van der Waals surface area contributed by atoms with Crippen molar-refractivity contribution in [3.63, 3.8) is 0 Å². The molecule has 1 aliphatic rings. The number of carbonyl (C=O) groups is 1.